The number of thioether (sulfide) groups is 1. The number of nitrogens with zero attached hydrogens (tertiary/aromatic N) is 2. The highest BCUT2D eigenvalue weighted by Gasteiger charge is 2.41. The molecule has 2 atom stereocenters. The average molecular weight is 427 g/mol. The molecule has 2 N–H and O–H groups in total. The molecule has 0 spiro atoms. The molecule has 1 amide bonds. The second kappa shape index (κ2) is 9.28. The Bertz CT molecular complexity index is 726. The van der Waals surface area contributed by atoms with E-state index in [0.29, 0.717) is 29.7 Å². The quantitative estimate of drug-likeness (QED) is 0.435. The van der Waals surface area contributed by atoms with Crippen LogP contribution in [-0.2, 0) is 4.74 Å². The molecule has 1 saturated carbocycles. The van der Waals surface area contributed by atoms with E-state index in [9.17, 15) is 14.7 Å². The van der Waals surface area contributed by atoms with Gasteiger partial charge in [0.1, 0.15) is 6.61 Å². The number of aromatic nitrogens is 1. The number of carbonyl (C=O) groups is 2. The summed E-state index contributed by atoms with van der Waals surface area (Å²) < 4.78 is 5.84. The van der Waals surface area contributed by atoms with Crippen molar-refractivity contribution in [3.05, 3.63) is 23.2 Å². The van der Waals surface area contributed by atoms with Crippen LogP contribution in [0.15, 0.2) is 21.9 Å². The van der Waals surface area contributed by atoms with Gasteiger partial charge in [-0.05, 0) is 31.1 Å². The van der Waals surface area contributed by atoms with Crippen LogP contribution in [0.25, 0.3) is 0 Å². The predicted octanol–water partition coefficient (Wildman–Crippen LogP) is 3.64. The molecule has 1 aromatic heterocycles. The van der Waals surface area contributed by atoms with E-state index in [-0.39, 0.29) is 29.3 Å². The smallest absolute Gasteiger partial charge is 0.410 e. The molecule has 0 aromatic carbocycles. The number of hydrogen-bond donors (Lipinski definition) is 2. The Kier molecular flexibility index (Phi) is 7.00. The highest BCUT2D eigenvalue weighted by molar-refractivity contribution is 8.01. The minimum Gasteiger partial charge on any atom is -0.476 e. The zero-order chi connectivity index (χ0) is 20.1. The Balaban J connectivity index is 1.47. The average Bonchev–Trinajstić information content (AvgIpc) is 3.23. The number of hydrogen-bond acceptors (Lipinski definition) is 7. The maximum absolute atomic E-state index is 12.0. The summed E-state index contributed by atoms with van der Waals surface area (Å²) in [5.74, 6) is -0.432. The fraction of sp³-hybridized carbons (Fsp3) is 0.632. The molecule has 1 aliphatic carbocycles. The molecule has 1 saturated heterocycles. The van der Waals surface area contributed by atoms with E-state index in [4.69, 9.17) is 9.84 Å². The molecule has 0 bridgehead atoms. The Labute approximate surface area is 172 Å². The summed E-state index contributed by atoms with van der Waals surface area (Å²) in [5, 5.41) is 20.9. The molecule has 2 aliphatic rings. The second-order valence-electron chi connectivity index (χ2n) is 7.24. The zero-order valence-electron chi connectivity index (χ0n) is 15.9. The van der Waals surface area contributed by atoms with Crippen LogP contribution in [0, 0.1) is 5.41 Å². The van der Waals surface area contributed by atoms with Gasteiger partial charge in [0.05, 0.1) is 12.1 Å². The maximum Gasteiger partial charge on any atom is 0.410 e. The summed E-state index contributed by atoms with van der Waals surface area (Å²) in [6, 6.07) is -0.134. The minimum absolute atomic E-state index is 0.0452. The topological polar surface area (TPSA) is 100.0 Å². The first-order valence-corrected chi connectivity index (χ1v) is 11.4. The van der Waals surface area contributed by atoms with Crippen molar-refractivity contribution < 1.29 is 24.5 Å². The fourth-order valence-electron chi connectivity index (χ4n) is 3.70. The first-order chi connectivity index (χ1) is 13.4. The van der Waals surface area contributed by atoms with E-state index in [0.717, 1.165) is 19.3 Å². The fourth-order valence-corrected chi connectivity index (χ4v) is 5.51. The molecular formula is C19H26N2O5S2. The lowest BCUT2D eigenvalue weighted by atomic mass is 9.63. The lowest BCUT2D eigenvalue weighted by molar-refractivity contribution is -0.0355. The van der Waals surface area contributed by atoms with Crippen molar-refractivity contribution in [2.75, 3.05) is 18.9 Å². The lowest BCUT2D eigenvalue weighted by Crippen LogP contribution is -2.40. The molecule has 2 fully saturated rings. The molecule has 1 aromatic rings. The second-order valence-corrected chi connectivity index (χ2v) is 9.44. The number of thiazole rings is 1. The Morgan fingerprint density at radius 1 is 1.57 bits per heavy atom. The van der Waals surface area contributed by atoms with Crippen LogP contribution < -0.4 is 0 Å². The number of aliphatic hydroxyl groups is 1. The Morgan fingerprint density at radius 2 is 2.36 bits per heavy atom. The lowest BCUT2D eigenvalue weighted by Gasteiger charge is -2.45. The predicted molar refractivity (Wildman–Crippen MR) is 108 cm³/mol. The van der Waals surface area contributed by atoms with Crippen LogP contribution in [0.4, 0.5) is 4.79 Å². The monoisotopic (exact) mass is 426 g/mol. The third kappa shape index (κ3) is 4.69. The first kappa shape index (κ1) is 21.1. The molecule has 3 rings (SSSR count). The SMILES string of the molecule is CCC1(C(O)CC=CC2COC(=O)N2CCSc2nc(C(=O)O)cs2)CCC1. The van der Waals surface area contributed by atoms with Crippen molar-refractivity contribution in [2.45, 2.75) is 55.5 Å². The first-order valence-electron chi connectivity index (χ1n) is 9.55. The number of carboxylic acids is 1. The van der Waals surface area contributed by atoms with Gasteiger partial charge in [0.2, 0.25) is 0 Å². The van der Waals surface area contributed by atoms with Crippen LogP contribution in [0.3, 0.4) is 0 Å². The van der Waals surface area contributed by atoms with Crippen LogP contribution in [0.1, 0.15) is 49.5 Å². The van der Waals surface area contributed by atoms with Gasteiger partial charge >= 0.3 is 12.1 Å². The van der Waals surface area contributed by atoms with Gasteiger partial charge in [0.25, 0.3) is 0 Å². The van der Waals surface area contributed by atoms with Crippen LogP contribution >= 0.6 is 23.1 Å². The molecule has 7 nitrogen and oxygen atoms in total. The third-order valence-electron chi connectivity index (χ3n) is 5.75. The van der Waals surface area contributed by atoms with Gasteiger partial charge in [-0.15, -0.1) is 11.3 Å². The van der Waals surface area contributed by atoms with Gasteiger partial charge in [0, 0.05) is 17.7 Å². The number of cyclic esters (lactones) is 1. The van der Waals surface area contributed by atoms with Crippen molar-refractivity contribution in [2.24, 2.45) is 5.41 Å². The number of amides is 1. The summed E-state index contributed by atoms with van der Waals surface area (Å²) >= 11 is 2.71. The molecular weight excluding hydrogens is 400 g/mol. The van der Waals surface area contributed by atoms with Gasteiger partial charge < -0.3 is 14.9 Å². The Hall–Kier alpha value is -1.58. The molecule has 2 heterocycles. The van der Waals surface area contributed by atoms with Crippen molar-refractivity contribution in [3.8, 4) is 0 Å². The normalized spacial score (nSPS) is 22.3. The van der Waals surface area contributed by atoms with Crippen molar-refractivity contribution in [3.63, 3.8) is 0 Å². The number of ether oxygens (including phenoxy) is 1. The summed E-state index contributed by atoms with van der Waals surface area (Å²) in [5.41, 5.74) is 0.120. The summed E-state index contributed by atoms with van der Waals surface area (Å²) in [7, 11) is 0. The molecule has 28 heavy (non-hydrogen) atoms. The van der Waals surface area contributed by atoms with E-state index in [1.807, 2.05) is 12.2 Å². The molecule has 154 valence electrons. The zero-order valence-corrected chi connectivity index (χ0v) is 17.5. The highest BCUT2D eigenvalue weighted by atomic mass is 32.2. The number of aromatic carboxylic acids is 1. The summed E-state index contributed by atoms with van der Waals surface area (Å²) in [6.45, 7) is 2.94. The summed E-state index contributed by atoms with van der Waals surface area (Å²) in [4.78, 5) is 28.6. The molecule has 1 aliphatic heterocycles. The molecule has 9 heteroatoms. The van der Waals surface area contributed by atoms with Gasteiger partial charge in [0.15, 0.2) is 10.0 Å². The van der Waals surface area contributed by atoms with E-state index >= 15 is 0 Å². The van der Waals surface area contributed by atoms with E-state index in [2.05, 4.69) is 11.9 Å². The summed E-state index contributed by atoms with van der Waals surface area (Å²) in [6.07, 6.45) is 8.20. The van der Waals surface area contributed by atoms with E-state index < -0.39 is 5.97 Å². The maximum atomic E-state index is 12.0. The molecule has 0 radical (unpaired) electrons. The van der Waals surface area contributed by atoms with Gasteiger partial charge in [-0.3, -0.25) is 4.90 Å². The van der Waals surface area contributed by atoms with E-state index in [1.54, 1.807) is 4.90 Å². The number of aliphatic hydroxyl groups excluding tert-OH is 1. The standard InChI is InChI=1S/C19H26N2O5S2/c1-2-19(7-4-8-19)15(22)6-3-5-13-11-26-18(25)21(13)9-10-27-17-20-14(12-28-17)16(23)24/h3,5,12-13,15,22H,2,4,6-11H2,1H3,(H,23,24). The van der Waals surface area contributed by atoms with Crippen LogP contribution in [-0.4, -0.2) is 63.2 Å². The highest BCUT2D eigenvalue weighted by Crippen LogP contribution is 2.47. The third-order valence-corrected chi connectivity index (χ3v) is 7.75. The number of carboxylic acid groups (broad SMARTS) is 1. The van der Waals surface area contributed by atoms with Gasteiger partial charge in [-0.2, -0.15) is 0 Å². The minimum atomic E-state index is -1.04. The van der Waals surface area contributed by atoms with Crippen LogP contribution in [0.2, 0.25) is 0 Å². The number of rotatable bonds is 10. The van der Waals surface area contributed by atoms with Crippen LogP contribution in [0.5, 0.6) is 0 Å². The Morgan fingerprint density at radius 3 is 2.96 bits per heavy atom. The van der Waals surface area contributed by atoms with Crippen molar-refractivity contribution in [1.29, 1.82) is 0 Å². The number of carbonyl (C=O) groups excluding carboxylic acids is 1. The van der Waals surface area contributed by atoms with E-state index in [1.165, 1.54) is 34.9 Å². The largest absolute Gasteiger partial charge is 0.476 e. The van der Waals surface area contributed by atoms with Gasteiger partial charge in [-0.1, -0.05) is 37.3 Å². The van der Waals surface area contributed by atoms with Gasteiger partial charge in [-0.25, -0.2) is 14.6 Å². The van der Waals surface area contributed by atoms with Crippen molar-refractivity contribution in [1.82, 2.24) is 9.88 Å². The molecule has 2 unspecified atom stereocenters. The van der Waals surface area contributed by atoms with Crippen molar-refractivity contribution >= 4 is 35.2 Å².